The number of unbranched alkanes of at least 4 members (excludes halogenated alkanes) is 1. The minimum absolute atomic E-state index is 0.313. The van der Waals surface area contributed by atoms with Crippen molar-refractivity contribution in [3.63, 3.8) is 0 Å². The van der Waals surface area contributed by atoms with E-state index in [0.29, 0.717) is 53.1 Å². The Morgan fingerprint density at radius 2 is 1.88 bits per heavy atom. The summed E-state index contributed by atoms with van der Waals surface area (Å²) in [5.74, 6) is 2.47. The van der Waals surface area contributed by atoms with Gasteiger partial charge in [0.05, 0.1) is 19.4 Å². The van der Waals surface area contributed by atoms with Gasteiger partial charge in [0.15, 0.2) is 17.3 Å². The smallest absolute Gasteiger partial charge is 0.332 e. The third-order valence-electron chi connectivity index (χ3n) is 5.30. The molecule has 0 radical (unpaired) electrons. The predicted octanol–water partition coefficient (Wildman–Crippen LogP) is 4.36. The number of benzene rings is 2. The Morgan fingerprint density at radius 3 is 2.59 bits per heavy atom. The van der Waals surface area contributed by atoms with Crippen molar-refractivity contribution in [2.24, 2.45) is 10.7 Å². The van der Waals surface area contributed by atoms with Gasteiger partial charge in [0.1, 0.15) is 22.9 Å². The number of nitrogens with zero attached hydrogens (tertiary/aromatic N) is 4. The average molecular weight is 461 g/mol. The quantitative estimate of drug-likeness (QED) is 0.283. The van der Waals surface area contributed by atoms with Gasteiger partial charge in [-0.1, -0.05) is 25.5 Å². The number of rotatable bonds is 9. The van der Waals surface area contributed by atoms with Gasteiger partial charge in [0.25, 0.3) is 0 Å². The minimum Gasteiger partial charge on any atom is -0.495 e. The number of nitrogens with one attached hydrogen (secondary N) is 1. The number of aromatic amines is 1. The van der Waals surface area contributed by atoms with E-state index in [4.69, 9.17) is 20.2 Å². The van der Waals surface area contributed by atoms with Gasteiger partial charge in [-0.05, 0) is 49.7 Å². The molecule has 0 fully saturated rings. The molecule has 0 saturated heterocycles. The molecule has 0 aliphatic heterocycles. The van der Waals surface area contributed by atoms with E-state index in [1.165, 1.54) is 4.57 Å². The number of para-hydroxylation sites is 2. The second-order valence-electron chi connectivity index (χ2n) is 7.67. The summed E-state index contributed by atoms with van der Waals surface area (Å²) in [5, 5.41) is 0. The fourth-order valence-electron chi connectivity index (χ4n) is 3.63. The number of amidine groups is 1. The molecule has 2 aromatic carbocycles. The molecule has 4 aromatic rings. The maximum atomic E-state index is 13.1. The van der Waals surface area contributed by atoms with Gasteiger partial charge in [0.2, 0.25) is 0 Å². The van der Waals surface area contributed by atoms with E-state index in [0.717, 1.165) is 24.2 Å². The van der Waals surface area contributed by atoms with Crippen molar-refractivity contribution in [1.29, 1.82) is 0 Å². The lowest BCUT2D eigenvalue weighted by Gasteiger charge is -2.10. The Bertz CT molecular complexity index is 1370. The van der Waals surface area contributed by atoms with Crippen LogP contribution in [0.15, 0.2) is 58.3 Å². The third-order valence-corrected chi connectivity index (χ3v) is 5.30. The van der Waals surface area contributed by atoms with E-state index >= 15 is 0 Å². The second-order valence-corrected chi connectivity index (χ2v) is 7.67. The molecule has 34 heavy (non-hydrogen) atoms. The van der Waals surface area contributed by atoms with Crippen molar-refractivity contribution < 1.29 is 9.47 Å². The fourth-order valence-corrected chi connectivity index (χ4v) is 3.63. The van der Waals surface area contributed by atoms with Gasteiger partial charge in [-0.15, -0.1) is 0 Å². The Kier molecular flexibility index (Phi) is 6.91. The molecule has 9 heteroatoms. The summed E-state index contributed by atoms with van der Waals surface area (Å²) in [6.07, 6.45) is 2.54. The molecule has 0 unspecified atom stereocenters. The van der Waals surface area contributed by atoms with E-state index in [1.807, 2.05) is 43.3 Å². The monoisotopic (exact) mass is 460 g/mol. The number of hydrogen-bond donors (Lipinski definition) is 2. The van der Waals surface area contributed by atoms with Crippen LogP contribution >= 0.6 is 0 Å². The summed E-state index contributed by atoms with van der Waals surface area (Å²) in [4.78, 5) is 29.9. The lowest BCUT2D eigenvalue weighted by molar-refractivity contribution is 0.340. The van der Waals surface area contributed by atoms with Crippen LogP contribution in [-0.4, -0.2) is 39.1 Å². The van der Waals surface area contributed by atoms with E-state index < -0.39 is 0 Å². The number of methoxy groups -OCH3 is 1. The van der Waals surface area contributed by atoms with Gasteiger partial charge < -0.3 is 20.2 Å². The SMILES string of the molecule is CCCCC(N)=Nc1nc(-c2ccc(OCC)cc2)nc2c1[nH]c(=O)n2-c1ccccc1OC. The predicted molar refractivity (Wildman–Crippen MR) is 133 cm³/mol. The highest BCUT2D eigenvalue weighted by molar-refractivity contribution is 5.90. The number of imidazole rings is 1. The average Bonchev–Trinajstić information content (AvgIpc) is 3.19. The highest BCUT2D eigenvalue weighted by Crippen LogP contribution is 2.30. The highest BCUT2D eigenvalue weighted by Gasteiger charge is 2.19. The van der Waals surface area contributed by atoms with Crippen molar-refractivity contribution in [1.82, 2.24) is 19.5 Å². The molecule has 0 aliphatic rings. The van der Waals surface area contributed by atoms with Crippen LogP contribution < -0.4 is 20.9 Å². The molecule has 0 atom stereocenters. The van der Waals surface area contributed by atoms with Gasteiger partial charge in [-0.25, -0.2) is 24.3 Å². The van der Waals surface area contributed by atoms with Crippen LogP contribution in [0.1, 0.15) is 33.1 Å². The molecule has 0 spiro atoms. The Hall–Kier alpha value is -4.14. The zero-order valence-electron chi connectivity index (χ0n) is 19.5. The summed E-state index contributed by atoms with van der Waals surface area (Å²) in [6.45, 7) is 4.60. The molecule has 0 aliphatic carbocycles. The molecule has 3 N–H and O–H groups in total. The highest BCUT2D eigenvalue weighted by atomic mass is 16.5. The summed E-state index contributed by atoms with van der Waals surface area (Å²) >= 11 is 0. The maximum Gasteiger partial charge on any atom is 0.332 e. The third kappa shape index (κ3) is 4.63. The second kappa shape index (κ2) is 10.2. The van der Waals surface area contributed by atoms with Crippen molar-refractivity contribution in [3.05, 3.63) is 59.0 Å². The molecule has 9 nitrogen and oxygen atoms in total. The van der Waals surface area contributed by atoms with Crippen LogP contribution in [0.2, 0.25) is 0 Å². The zero-order chi connectivity index (χ0) is 24.1. The Morgan fingerprint density at radius 1 is 1.12 bits per heavy atom. The number of hydrogen-bond acceptors (Lipinski definition) is 6. The number of fused-ring (bicyclic) bond motifs is 1. The zero-order valence-corrected chi connectivity index (χ0v) is 19.5. The van der Waals surface area contributed by atoms with Crippen molar-refractivity contribution in [3.8, 4) is 28.6 Å². The Balaban J connectivity index is 1.95. The lowest BCUT2D eigenvalue weighted by Crippen LogP contribution is -2.15. The molecule has 2 aromatic heterocycles. The summed E-state index contributed by atoms with van der Waals surface area (Å²) < 4.78 is 12.5. The lowest BCUT2D eigenvalue weighted by atomic mass is 10.2. The van der Waals surface area contributed by atoms with Gasteiger partial charge in [-0.2, -0.15) is 0 Å². The van der Waals surface area contributed by atoms with Gasteiger partial charge >= 0.3 is 5.69 Å². The van der Waals surface area contributed by atoms with Crippen LogP contribution in [0, 0.1) is 0 Å². The molecular weight excluding hydrogens is 432 g/mol. The van der Waals surface area contributed by atoms with E-state index in [2.05, 4.69) is 21.9 Å². The summed E-state index contributed by atoms with van der Waals surface area (Å²) in [7, 11) is 1.56. The van der Waals surface area contributed by atoms with E-state index in [-0.39, 0.29) is 5.69 Å². The van der Waals surface area contributed by atoms with Crippen LogP contribution in [0.25, 0.3) is 28.2 Å². The normalized spacial score (nSPS) is 11.7. The number of H-pyrrole nitrogens is 1. The maximum absolute atomic E-state index is 13.1. The molecule has 0 bridgehead atoms. The number of aliphatic imine (C=N–C) groups is 1. The Labute approximate surface area is 197 Å². The van der Waals surface area contributed by atoms with Crippen LogP contribution in [-0.2, 0) is 0 Å². The molecule has 0 amide bonds. The van der Waals surface area contributed by atoms with E-state index in [1.54, 1.807) is 19.2 Å². The number of nitrogens with two attached hydrogens (primary N) is 1. The summed E-state index contributed by atoms with van der Waals surface area (Å²) in [5.41, 5.74) is 7.92. The first-order valence-electron chi connectivity index (χ1n) is 11.3. The van der Waals surface area contributed by atoms with Crippen LogP contribution in [0.4, 0.5) is 5.82 Å². The molecule has 176 valence electrons. The largest absolute Gasteiger partial charge is 0.495 e. The van der Waals surface area contributed by atoms with Crippen molar-refractivity contribution in [2.75, 3.05) is 13.7 Å². The standard InChI is InChI=1S/C25H28N6O3/c1-4-6-11-20(26)27-23-21-24(30-22(29-23)16-12-14-17(15-13-16)34-5-2)31(25(32)28-21)18-9-7-8-10-19(18)33-3/h7-10,12-15H,4-6,11H2,1-3H3,(H,28,32)(H2,26,27,29,30). The van der Waals surface area contributed by atoms with Crippen LogP contribution in [0.5, 0.6) is 11.5 Å². The summed E-state index contributed by atoms with van der Waals surface area (Å²) in [6, 6.07) is 14.7. The first kappa shape index (κ1) is 23.0. The van der Waals surface area contributed by atoms with E-state index in [9.17, 15) is 4.79 Å². The fraction of sp³-hybridized carbons (Fsp3) is 0.280. The molecular formula is C25H28N6O3. The van der Waals surface area contributed by atoms with Crippen molar-refractivity contribution >= 4 is 22.8 Å². The minimum atomic E-state index is -0.374. The first-order valence-corrected chi connectivity index (χ1v) is 11.3. The van der Waals surface area contributed by atoms with Gasteiger partial charge in [-0.3, -0.25) is 0 Å². The van der Waals surface area contributed by atoms with Gasteiger partial charge in [0, 0.05) is 12.0 Å². The van der Waals surface area contributed by atoms with Crippen LogP contribution in [0.3, 0.4) is 0 Å². The molecule has 0 saturated carbocycles. The number of aromatic nitrogens is 4. The van der Waals surface area contributed by atoms with Crippen molar-refractivity contribution in [2.45, 2.75) is 33.1 Å². The first-order chi connectivity index (χ1) is 16.5. The number of ether oxygens (including phenoxy) is 2. The molecule has 4 rings (SSSR count). The molecule has 2 heterocycles. The topological polar surface area (TPSA) is 120 Å².